The highest BCUT2D eigenvalue weighted by Gasteiger charge is 2.50. The van der Waals surface area contributed by atoms with Crippen molar-refractivity contribution in [2.45, 2.75) is 53.0 Å². The van der Waals surface area contributed by atoms with Gasteiger partial charge in [0.15, 0.2) is 0 Å². The van der Waals surface area contributed by atoms with E-state index in [9.17, 15) is 4.79 Å². The molecule has 1 aromatic carbocycles. The van der Waals surface area contributed by atoms with Crippen molar-refractivity contribution in [1.29, 1.82) is 0 Å². The minimum Gasteiger partial charge on any atom is -0.462 e. The third kappa shape index (κ3) is 3.35. The minimum atomic E-state index is -0.285. The fourth-order valence-corrected chi connectivity index (χ4v) is 5.90. The Labute approximate surface area is 169 Å². The quantitative estimate of drug-likeness (QED) is 0.595. The fourth-order valence-electron chi connectivity index (χ4n) is 5.54. The first-order valence-electron chi connectivity index (χ1n) is 9.73. The van der Waals surface area contributed by atoms with E-state index in [0.717, 1.165) is 34.0 Å². The summed E-state index contributed by atoms with van der Waals surface area (Å²) >= 11 is 3.59. The van der Waals surface area contributed by atoms with Crippen molar-refractivity contribution in [3.63, 3.8) is 0 Å². The lowest BCUT2D eigenvalue weighted by Crippen LogP contribution is -2.35. The number of carbonyl (C=O) groups is 1. The number of ether oxygens (including phenoxy) is 1. The zero-order valence-corrected chi connectivity index (χ0v) is 18.1. The molecule has 1 saturated heterocycles. The van der Waals surface area contributed by atoms with E-state index in [4.69, 9.17) is 4.74 Å². The fraction of sp³-hybridized carbons (Fsp3) is 0.545. The average Bonchev–Trinajstić information content (AvgIpc) is 2.82. The number of hydrogen-bond donors (Lipinski definition) is 0. The SMILES string of the molecule is CCOC(=O)c1cnc2ccc(Br)cc2c1N1CC2(C)CC1CC(C)(C)C2. The van der Waals surface area contributed by atoms with Crippen molar-refractivity contribution in [1.82, 2.24) is 4.98 Å². The van der Waals surface area contributed by atoms with Crippen LogP contribution in [0.3, 0.4) is 0 Å². The molecular weight excluding hydrogens is 404 g/mol. The van der Waals surface area contributed by atoms with E-state index >= 15 is 0 Å². The van der Waals surface area contributed by atoms with Gasteiger partial charge in [-0.05, 0) is 55.2 Å². The van der Waals surface area contributed by atoms with Crippen LogP contribution in [0.1, 0.15) is 57.3 Å². The van der Waals surface area contributed by atoms with Crippen LogP contribution in [0.15, 0.2) is 28.9 Å². The Bertz CT molecular complexity index is 911. The highest BCUT2D eigenvalue weighted by molar-refractivity contribution is 9.10. The first-order valence-corrected chi connectivity index (χ1v) is 10.5. The number of rotatable bonds is 3. The van der Waals surface area contributed by atoms with Crippen molar-refractivity contribution < 1.29 is 9.53 Å². The van der Waals surface area contributed by atoms with Crippen molar-refractivity contribution in [3.05, 3.63) is 34.4 Å². The second kappa shape index (κ2) is 6.47. The van der Waals surface area contributed by atoms with E-state index in [1.165, 1.54) is 12.8 Å². The monoisotopic (exact) mass is 430 g/mol. The molecule has 2 aromatic rings. The molecule has 1 aromatic heterocycles. The summed E-state index contributed by atoms with van der Waals surface area (Å²) in [6.07, 6.45) is 5.23. The number of fused-ring (bicyclic) bond motifs is 3. The number of hydrogen-bond acceptors (Lipinski definition) is 4. The van der Waals surface area contributed by atoms with Gasteiger partial charge in [-0.2, -0.15) is 0 Å². The second-order valence-electron chi connectivity index (χ2n) is 9.24. The molecular formula is C22H27BrN2O2. The van der Waals surface area contributed by atoms with Gasteiger partial charge in [-0.3, -0.25) is 4.98 Å². The predicted octanol–water partition coefficient (Wildman–Crippen LogP) is 5.58. The molecule has 1 aliphatic heterocycles. The normalized spacial score (nSPS) is 26.4. The molecule has 2 atom stereocenters. The first kappa shape index (κ1) is 18.7. The highest BCUT2D eigenvalue weighted by Crippen LogP contribution is 2.54. The van der Waals surface area contributed by atoms with Gasteiger partial charge >= 0.3 is 5.97 Å². The van der Waals surface area contributed by atoms with Gasteiger partial charge in [-0.1, -0.05) is 36.7 Å². The molecule has 5 heteroatoms. The Hall–Kier alpha value is -1.62. The third-order valence-corrected chi connectivity index (χ3v) is 6.49. The van der Waals surface area contributed by atoms with Crippen LogP contribution in [0.4, 0.5) is 5.69 Å². The van der Waals surface area contributed by atoms with Crippen LogP contribution < -0.4 is 4.90 Å². The van der Waals surface area contributed by atoms with E-state index in [1.807, 2.05) is 19.1 Å². The number of carbonyl (C=O) groups excluding carboxylic acids is 1. The van der Waals surface area contributed by atoms with E-state index in [1.54, 1.807) is 6.20 Å². The summed E-state index contributed by atoms with van der Waals surface area (Å²) in [5, 5.41) is 1.02. The molecule has 0 spiro atoms. The molecule has 0 amide bonds. The van der Waals surface area contributed by atoms with Crippen LogP contribution in [0, 0.1) is 10.8 Å². The van der Waals surface area contributed by atoms with E-state index in [0.29, 0.717) is 23.6 Å². The molecule has 0 radical (unpaired) electrons. The molecule has 1 saturated carbocycles. The zero-order chi connectivity index (χ0) is 19.4. The van der Waals surface area contributed by atoms with Crippen LogP contribution in [0.25, 0.3) is 10.9 Å². The van der Waals surface area contributed by atoms with E-state index in [2.05, 4.69) is 52.7 Å². The number of benzene rings is 1. The third-order valence-electron chi connectivity index (χ3n) is 6.00. The Morgan fingerprint density at radius 1 is 1.33 bits per heavy atom. The second-order valence-corrected chi connectivity index (χ2v) is 10.2. The maximum atomic E-state index is 12.7. The number of aromatic nitrogens is 1. The summed E-state index contributed by atoms with van der Waals surface area (Å²) in [5.41, 5.74) is 3.08. The standard InChI is InChI=1S/C22H27BrN2O2/c1-5-27-20(26)17-11-24-18-7-6-14(23)8-16(18)19(17)25-13-22(4)10-15(25)9-21(2,3)12-22/h6-8,11,15H,5,9-10,12-13H2,1-4H3. The minimum absolute atomic E-state index is 0.278. The molecule has 2 unspecified atom stereocenters. The van der Waals surface area contributed by atoms with Gasteiger partial charge in [-0.15, -0.1) is 0 Å². The van der Waals surface area contributed by atoms with Crippen LogP contribution in [0.5, 0.6) is 0 Å². The van der Waals surface area contributed by atoms with Gasteiger partial charge < -0.3 is 9.64 Å². The molecule has 2 aliphatic rings. The summed E-state index contributed by atoms with van der Waals surface area (Å²) in [5.74, 6) is -0.285. The average molecular weight is 431 g/mol. The van der Waals surface area contributed by atoms with E-state index < -0.39 is 0 Å². The van der Waals surface area contributed by atoms with Crippen LogP contribution in [0.2, 0.25) is 0 Å². The lowest BCUT2D eigenvalue weighted by atomic mass is 9.65. The molecule has 2 heterocycles. The summed E-state index contributed by atoms with van der Waals surface area (Å²) in [6.45, 7) is 10.3. The van der Waals surface area contributed by atoms with Crippen LogP contribution in [-0.4, -0.2) is 30.1 Å². The maximum absolute atomic E-state index is 12.7. The number of anilines is 1. The number of esters is 1. The van der Waals surface area contributed by atoms with Crippen molar-refractivity contribution in [3.8, 4) is 0 Å². The molecule has 2 fully saturated rings. The molecule has 27 heavy (non-hydrogen) atoms. The first-order chi connectivity index (χ1) is 12.7. The molecule has 2 bridgehead atoms. The van der Waals surface area contributed by atoms with Gasteiger partial charge in [0.05, 0.1) is 17.8 Å². The molecule has 0 N–H and O–H groups in total. The maximum Gasteiger partial charge on any atom is 0.341 e. The summed E-state index contributed by atoms with van der Waals surface area (Å²) in [6, 6.07) is 6.52. The largest absolute Gasteiger partial charge is 0.462 e. The van der Waals surface area contributed by atoms with Crippen LogP contribution >= 0.6 is 15.9 Å². The molecule has 144 valence electrons. The van der Waals surface area contributed by atoms with Crippen LogP contribution in [-0.2, 0) is 4.74 Å². The topological polar surface area (TPSA) is 42.4 Å². The Kier molecular flexibility index (Phi) is 4.49. The molecule has 4 nitrogen and oxygen atoms in total. The summed E-state index contributed by atoms with van der Waals surface area (Å²) in [7, 11) is 0. The smallest absolute Gasteiger partial charge is 0.341 e. The van der Waals surface area contributed by atoms with Gasteiger partial charge in [0.1, 0.15) is 5.56 Å². The number of halogens is 1. The van der Waals surface area contributed by atoms with Gasteiger partial charge in [-0.25, -0.2) is 4.79 Å². The van der Waals surface area contributed by atoms with Crippen molar-refractivity contribution >= 4 is 38.5 Å². The molecule has 4 rings (SSSR count). The van der Waals surface area contributed by atoms with Gasteiger partial charge in [0, 0.05) is 28.6 Å². The van der Waals surface area contributed by atoms with Crippen molar-refractivity contribution in [2.24, 2.45) is 10.8 Å². The number of nitrogens with zero attached hydrogens (tertiary/aromatic N) is 2. The predicted molar refractivity (Wildman–Crippen MR) is 112 cm³/mol. The Morgan fingerprint density at radius 2 is 2.11 bits per heavy atom. The highest BCUT2D eigenvalue weighted by atomic mass is 79.9. The lowest BCUT2D eigenvalue weighted by Gasteiger charge is -2.39. The van der Waals surface area contributed by atoms with Crippen molar-refractivity contribution in [2.75, 3.05) is 18.1 Å². The summed E-state index contributed by atoms with van der Waals surface area (Å²) in [4.78, 5) is 19.8. The molecule has 1 aliphatic carbocycles. The Balaban J connectivity index is 1.90. The number of pyridine rings is 1. The Morgan fingerprint density at radius 3 is 2.85 bits per heavy atom. The van der Waals surface area contributed by atoms with Gasteiger partial charge in [0.2, 0.25) is 0 Å². The lowest BCUT2D eigenvalue weighted by molar-refractivity contribution is 0.0526. The van der Waals surface area contributed by atoms with Gasteiger partial charge in [0.25, 0.3) is 0 Å². The van der Waals surface area contributed by atoms with E-state index in [-0.39, 0.29) is 11.4 Å². The zero-order valence-electron chi connectivity index (χ0n) is 16.5. The summed E-state index contributed by atoms with van der Waals surface area (Å²) < 4.78 is 6.36.